The Labute approximate surface area is 203 Å². The van der Waals surface area contributed by atoms with E-state index < -0.39 is 5.54 Å². The van der Waals surface area contributed by atoms with Crippen LogP contribution in [0.5, 0.6) is 0 Å². The molecule has 170 valence electrons. The average Bonchev–Trinajstić information content (AvgIpc) is 3.62. The lowest BCUT2D eigenvalue weighted by Crippen LogP contribution is -2.37. The smallest absolute Gasteiger partial charge is 0.200 e. The number of fused-ring (bicyclic) bond motifs is 1. The van der Waals surface area contributed by atoms with Crippen LogP contribution in [0, 0.1) is 0 Å². The van der Waals surface area contributed by atoms with Gasteiger partial charge in [-0.05, 0) is 22.8 Å². The zero-order valence-corrected chi connectivity index (χ0v) is 19.2. The summed E-state index contributed by atoms with van der Waals surface area (Å²) in [5.74, 6) is 1.35. The molecule has 3 aromatic heterocycles. The molecule has 0 amide bonds. The van der Waals surface area contributed by atoms with Crippen molar-refractivity contribution in [3.8, 4) is 0 Å². The van der Waals surface area contributed by atoms with Gasteiger partial charge in [0.25, 0.3) is 0 Å². The molecule has 6 rings (SSSR count). The molecule has 3 aromatic carbocycles. The second-order valence-electron chi connectivity index (χ2n) is 8.30. The largest absolute Gasteiger partial charge is 0.448 e. The van der Waals surface area contributed by atoms with Gasteiger partial charge in [0.2, 0.25) is 5.88 Å². The average molecular weight is 458 g/mol. The molecule has 6 heteroatoms. The number of rotatable bonds is 6. The lowest BCUT2D eigenvalue weighted by molar-refractivity contribution is 0.526. The molecule has 0 aliphatic carbocycles. The molecule has 0 spiro atoms. The van der Waals surface area contributed by atoms with E-state index in [0.717, 1.165) is 22.3 Å². The van der Waals surface area contributed by atoms with Gasteiger partial charge < -0.3 is 4.42 Å². The highest BCUT2D eigenvalue weighted by atomic mass is 16.3. The Bertz CT molecular complexity index is 1450. The fourth-order valence-electron chi connectivity index (χ4n) is 4.83. The number of hydrogen-bond acceptors (Lipinski definition) is 5. The monoisotopic (exact) mass is 457 g/mol. The Hall–Kier alpha value is -4.71. The minimum absolute atomic E-state index is 0.673. The van der Waals surface area contributed by atoms with Gasteiger partial charge in [-0.15, -0.1) is 0 Å². The van der Waals surface area contributed by atoms with Gasteiger partial charge in [0.1, 0.15) is 11.9 Å². The van der Waals surface area contributed by atoms with E-state index in [0.29, 0.717) is 17.2 Å². The first kappa shape index (κ1) is 20.9. The van der Waals surface area contributed by atoms with Crippen molar-refractivity contribution in [1.29, 1.82) is 0 Å². The van der Waals surface area contributed by atoms with E-state index in [9.17, 15) is 0 Å². The SMILES string of the molecule is CN(c1ccco1)c1ncnc2c1ncn2C(c1ccccc1)(c1ccccc1)c1ccccc1. The number of nitrogens with zero attached hydrogens (tertiary/aromatic N) is 5. The highest BCUT2D eigenvalue weighted by Gasteiger charge is 2.40. The van der Waals surface area contributed by atoms with Gasteiger partial charge in [0.05, 0.1) is 12.6 Å². The van der Waals surface area contributed by atoms with Gasteiger partial charge in [-0.25, -0.2) is 15.0 Å². The van der Waals surface area contributed by atoms with Crippen LogP contribution in [-0.2, 0) is 5.54 Å². The van der Waals surface area contributed by atoms with E-state index in [4.69, 9.17) is 14.4 Å². The van der Waals surface area contributed by atoms with Gasteiger partial charge in [-0.2, -0.15) is 0 Å². The lowest BCUT2D eigenvalue weighted by Gasteiger charge is -2.37. The topological polar surface area (TPSA) is 60.0 Å². The van der Waals surface area contributed by atoms with E-state index in [1.807, 2.05) is 48.6 Å². The molecule has 35 heavy (non-hydrogen) atoms. The highest BCUT2D eigenvalue weighted by molar-refractivity contribution is 5.86. The first-order valence-electron chi connectivity index (χ1n) is 11.4. The second kappa shape index (κ2) is 8.57. The van der Waals surface area contributed by atoms with Gasteiger partial charge in [-0.3, -0.25) is 9.47 Å². The summed E-state index contributed by atoms with van der Waals surface area (Å²) in [6.45, 7) is 0. The van der Waals surface area contributed by atoms with Crippen LogP contribution in [-0.4, -0.2) is 26.6 Å². The van der Waals surface area contributed by atoms with Crippen molar-refractivity contribution in [1.82, 2.24) is 19.5 Å². The summed E-state index contributed by atoms with van der Waals surface area (Å²) in [4.78, 5) is 16.0. The molecule has 0 N–H and O–H groups in total. The summed E-state index contributed by atoms with van der Waals surface area (Å²) in [6, 6.07) is 35.2. The third-order valence-electron chi connectivity index (χ3n) is 6.40. The van der Waals surface area contributed by atoms with Gasteiger partial charge in [-0.1, -0.05) is 91.0 Å². The minimum Gasteiger partial charge on any atom is -0.448 e. The third kappa shape index (κ3) is 3.30. The standard InChI is InChI=1S/C29H23N5O/c1-33(25-18-11-19-35-25)27-26-28(31-20-30-27)34(21-32-26)29(22-12-5-2-6-13-22,23-14-7-3-8-15-23)24-16-9-4-10-17-24/h2-21H,1H3. The summed E-state index contributed by atoms with van der Waals surface area (Å²) < 4.78 is 7.77. The Morgan fingerprint density at radius 2 is 1.26 bits per heavy atom. The van der Waals surface area contributed by atoms with Crippen molar-refractivity contribution in [3.05, 3.63) is 139 Å². The number of benzene rings is 3. The van der Waals surface area contributed by atoms with E-state index >= 15 is 0 Å². The maximum absolute atomic E-state index is 5.61. The first-order chi connectivity index (χ1) is 17.3. The van der Waals surface area contributed by atoms with E-state index in [1.165, 1.54) is 0 Å². The maximum atomic E-state index is 5.61. The van der Waals surface area contributed by atoms with Crippen molar-refractivity contribution in [2.75, 3.05) is 11.9 Å². The molecule has 0 unspecified atom stereocenters. The minimum atomic E-state index is -0.701. The van der Waals surface area contributed by atoms with Crippen LogP contribution in [0.2, 0.25) is 0 Å². The van der Waals surface area contributed by atoms with Crippen LogP contribution in [0.4, 0.5) is 11.7 Å². The predicted octanol–water partition coefficient (Wildman–Crippen LogP) is 6.03. The third-order valence-corrected chi connectivity index (χ3v) is 6.40. The molecule has 0 fully saturated rings. The van der Waals surface area contributed by atoms with Crippen LogP contribution < -0.4 is 4.90 Å². The van der Waals surface area contributed by atoms with E-state index in [2.05, 4.69) is 82.3 Å². The molecule has 0 radical (unpaired) electrons. The molecule has 6 aromatic rings. The molecule has 0 saturated carbocycles. The Morgan fingerprint density at radius 1 is 0.686 bits per heavy atom. The number of anilines is 2. The van der Waals surface area contributed by atoms with Crippen molar-refractivity contribution >= 4 is 22.9 Å². The fraction of sp³-hybridized carbons (Fsp3) is 0.0690. The summed E-state index contributed by atoms with van der Waals surface area (Å²) in [5.41, 5.74) is 4.04. The van der Waals surface area contributed by atoms with Crippen molar-refractivity contribution in [3.63, 3.8) is 0 Å². The molecule has 0 aliphatic rings. The molecule has 0 bridgehead atoms. The quantitative estimate of drug-likeness (QED) is 0.286. The summed E-state index contributed by atoms with van der Waals surface area (Å²) in [5, 5.41) is 0. The van der Waals surface area contributed by atoms with Gasteiger partial charge in [0.15, 0.2) is 17.0 Å². The summed E-state index contributed by atoms with van der Waals surface area (Å²) >= 11 is 0. The second-order valence-corrected chi connectivity index (χ2v) is 8.30. The molecule has 0 atom stereocenters. The van der Waals surface area contributed by atoms with E-state index in [1.54, 1.807) is 12.6 Å². The molecular weight excluding hydrogens is 434 g/mol. The molecule has 0 saturated heterocycles. The number of furan rings is 1. The molecule has 0 aliphatic heterocycles. The van der Waals surface area contributed by atoms with Crippen LogP contribution in [0.25, 0.3) is 11.2 Å². The van der Waals surface area contributed by atoms with Crippen molar-refractivity contribution in [2.45, 2.75) is 5.54 Å². The number of hydrogen-bond donors (Lipinski definition) is 0. The lowest BCUT2D eigenvalue weighted by atomic mass is 9.76. The van der Waals surface area contributed by atoms with Crippen LogP contribution in [0.15, 0.2) is 126 Å². The van der Waals surface area contributed by atoms with Crippen molar-refractivity contribution < 1.29 is 4.42 Å². The maximum Gasteiger partial charge on any atom is 0.200 e. The Kier molecular flexibility index (Phi) is 5.11. The van der Waals surface area contributed by atoms with Crippen LogP contribution >= 0.6 is 0 Å². The van der Waals surface area contributed by atoms with Gasteiger partial charge >= 0.3 is 0 Å². The normalized spacial score (nSPS) is 11.6. The Balaban J connectivity index is 1.69. The number of aromatic nitrogens is 4. The molecule has 3 heterocycles. The zero-order chi connectivity index (χ0) is 23.7. The zero-order valence-electron chi connectivity index (χ0n) is 19.2. The Morgan fingerprint density at radius 3 is 1.77 bits per heavy atom. The summed E-state index contributed by atoms with van der Waals surface area (Å²) in [6.07, 6.45) is 5.10. The number of imidazole rings is 1. The predicted molar refractivity (Wildman–Crippen MR) is 137 cm³/mol. The molecule has 6 nitrogen and oxygen atoms in total. The summed E-state index contributed by atoms with van der Waals surface area (Å²) in [7, 11) is 1.92. The van der Waals surface area contributed by atoms with Crippen LogP contribution in [0.3, 0.4) is 0 Å². The highest BCUT2D eigenvalue weighted by Crippen LogP contribution is 2.42. The first-order valence-corrected chi connectivity index (χ1v) is 11.4. The van der Waals surface area contributed by atoms with Gasteiger partial charge in [0, 0.05) is 13.1 Å². The molecular formula is C29H23N5O. The van der Waals surface area contributed by atoms with Crippen molar-refractivity contribution in [2.24, 2.45) is 0 Å². The van der Waals surface area contributed by atoms with E-state index in [-0.39, 0.29) is 0 Å². The van der Waals surface area contributed by atoms with Crippen LogP contribution in [0.1, 0.15) is 16.7 Å². The fourth-order valence-corrected chi connectivity index (χ4v) is 4.83.